The zero-order valence-corrected chi connectivity index (χ0v) is 66.7. The van der Waals surface area contributed by atoms with E-state index in [4.69, 9.17) is 37.0 Å². The predicted molar refractivity (Wildman–Crippen MR) is 427 cm³/mol. The van der Waals surface area contributed by atoms with Gasteiger partial charge in [-0.2, -0.15) is 0 Å². The van der Waals surface area contributed by atoms with E-state index in [1.165, 1.54) is 57.8 Å². The third-order valence-electron chi connectivity index (χ3n) is 16.3. The van der Waals surface area contributed by atoms with Crippen molar-refractivity contribution in [2.75, 3.05) is 39.6 Å². The summed E-state index contributed by atoms with van der Waals surface area (Å²) in [5.41, 5.74) is 0. The molecule has 104 heavy (non-hydrogen) atoms. The van der Waals surface area contributed by atoms with Crippen LogP contribution in [-0.4, -0.2) is 96.7 Å². The summed E-state index contributed by atoms with van der Waals surface area (Å²) in [6.07, 6.45) is 86.9. The molecule has 0 aliphatic heterocycles. The van der Waals surface area contributed by atoms with E-state index in [0.717, 1.165) is 167 Å². The van der Waals surface area contributed by atoms with Crippen LogP contribution in [0, 0.1) is 0 Å². The first-order valence-corrected chi connectivity index (χ1v) is 43.1. The molecule has 3 N–H and O–H groups in total. The van der Waals surface area contributed by atoms with Crippen LogP contribution in [-0.2, 0) is 65.4 Å². The number of phosphoric acid groups is 2. The molecule has 17 nitrogen and oxygen atoms in total. The van der Waals surface area contributed by atoms with Gasteiger partial charge in [-0.1, -0.05) is 276 Å². The van der Waals surface area contributed by atoms with Crippen LogP contribution in [0.2, 0.25) is 0 Å². The second kappa shape index (κ2) is 76.1. The first-order valence-electron chi connectivity index (χ1n) is 40.1. The SMILES string of the molecule is CC/C=C\C/C=C\C/C=C\C/C=C\C/C=C\C/C=C\CCC(=O)OCC(COP(=O)(O)OCC(O)COP(=O)(O)OCC(COC(=O)CCCCCCC/C=C\C/C=C\C/C=C\CC)OC(=O)CCCCCCC/C=C\CCCCCCCC)OC(=O)CCCCCCC/C=C\C/C=C\CCCCC. The third-order valence-corrected chi connectivity index (χ3v) is 18.2. The Morgan fingerprint density at radius 1 is 0.279 bits per heavy atom. The fourth-order valence-corrected chi connectivity index (χ4v) is 11.8. The smallest absolute Gasteiger partial charge is 0.462 e. The monoisotopic (exact) mass is 1500 g/mol. The Kier molecular flexibility index (Phi) is 72.4. The molecule has 0 aromatic carbocycles. The molecule has 0 amide bonds. The summed E-state index contributed by atoms with van der Waals surface area (Å²) in [5, 5.41) is 10.6. The van der Waals surface area contributed by atoms with Gasteiger partial charge in [-0.15, -0.1) is 0 Å². The number of phosphoric ester groups is 2. The van der Waals surface area contributed by atoms with Crippen LogP contribution in [0.15, 0.2) is 146 Å². The number of hydrogen-bond acceptors (Lipinski definition) is 15. The number of hydrogen-bond donors (Lipinski definition) is 3. The van der Waals surface area contributed by atoms with Gasteiger partial charge in [0.2, 0.25) is 0 Å². The van der Waals surface area contributed by atoms with Crippen molar-refractivity contribution in [2.45, 2.75) is 329 Å². The Morgan fingerprint density at radius 2 is 0.519 bits per heavy atom. The lowest BCUT2D eigenvalue weighted by molar-refractivity contribution is -0.161. The van der Waals surface area contributed by atoms with Crippen molar-refractivity contribution in [2.24, 2.45) is 0 Å². The molecule has 0 spiro atoms. The maximum absolute atomic E-state index is 13.1. The van der Waals surface area contributed by atoms with Gasteiger partial charge in [-0.3, -0.25) is 37.3 Å². The van der Waals surface area contributed by atoms with E-state index in [1.807, 2.05) is 18.2 Å². The van der Waals surface area contributed by atoms with Crippen molar-refractivity contribution in [1.29, 1.82) is 0 Å². The number of esters is 4. The van der Waals surface area contributed by atoms with Crippen molar-refractivity contribution >= 4 is 39.5 Å². The number of aliphatic hydroxyl groups excluding tert-OH is 1. The molecular formula is C85H142O17P2. The number of aliphatic hydroxyl groups is 1. The molecule has 0 saturated carbocycles. The summed E-state index contributed by atoms with van der Waals surface area (Å²) < 4.78 is 68.5. The van der Waals surface area contributed by atoms with E-state index in [9.17, 15) is 43.2 Å². The quantitative estimate of drug-likeness (QED) is 0.0169. The molecular weight excluding hydrogens is 1350 g/mol. The van der Waals surface area contributed by atoms with Crippen LogP contribution in [0.5, 0.6) is 0 Å². The average molecular weight is 1500 g/mol. The molecule has 5 atom stereocenters. The molecule has 0 aliphatic carbocycles. The molecule has 0 heterocycles. The molecule has 0 aliphatic rings. The normalized spacial score (nSPS) is 14.6. The van der Waals surface area contributed by atoms with Crippen LogP contribution in [0.25, 0.3) is 0 Å². The minimum absolute atomic E-state index is 0.0291. The minimum atomic E-state index is -5.00. The van der Waals surface area contributed by atoms with Crippen LogP contribution in [0.3, 0.4) is 0 Å². The molecule has 5 unspecified atom stereocenters. The third kappa shape index (κ3) is 75.2. The Bertz CT molecular complexity index is 2540. The molecule has 594 valence electrons. The summed E-state index contributed by atoms with van der Waals surface area (Å²) in [4.78, 5) is 73.0. The molecule has 0 fully saturated rings. The number of rotatable bonds is 74. The number of carbonyl (C=O) groups excluding carboxylic acids is 4. The molecule has 0 rings (SSSR count). The van der Waals surface area contributed by atoms with E-state index >= 15 is 0 Å². The zero-order chi connectivity index (χ0) is 76.0. The van der Waals surface area contributed by atoms with E-state index in [-0.39, 0.29) is 25.7 Å². The van der Waals surface area contributed by atoms with Crippen molar-refractivity contribution in [1.82, 2.24) is 0 Å². The Hall–Kier alpha value is -5.06. The molecule has 0 saturated heterocycles. The number of unbranched alkanes of at least 4 members (excludes halogenated alkanes) is 24. The summed E-state index contributed by atoms with van der Waals surface area (Å²) in [5.74, 6) is -2.32. The number of ether oxygens (including phenoxy) is 4. The average Bonchev–Trinajstić information content (AvgIpc) is 0.918. The highest BCUT2D eigenvalue weighted by atomic mass is 31.2. The first kappa shape index (κ1) is 98.9. The van der Waals surface area contributed by atoms with Gasteiger partial charge in [0.1, 0.15) is 19.3 Å². The number of allylic oxidation sites excluding steroid dienone is 24. The summed E-state index contributed by atoms with van der Waals surface area (Å²) in [6, 6.07) is 0. The van der Waals surface area contributed by atoms with Crippen molar-refractivity contribution in [3.05, 3.63) is 146 Å². The summed E-state index contributed by atoms with van der Waals surface area (Å²) in [7, 11) is -10.00. The topological polar surface area (TPSA) is 237 Å². The van der Waals surface area contributed by atoms with E-state index in [0.29, 0.717) is 32.1 Å². The first-order chi connectivity index (χ1) is 50.7. The van der Waals surface area contributed by atoms with Crippen molar-refractivity contribution < 1.29 is 80.2 Å². The molecule has 0 aromatic heterocycles. The number of carbonyl (C=O) groups is 4. The maximum Gasteiger partial charge on any atom is 0.472 e. The van der Waals surface area contributed by atoms with Crippen molar-refractivity contribution in [3.8, 4) is 0 Å². The fourth-order valence-electron chi connectivity index (χ4n) is 10.2. The van der Waals surface area contributed by atoms with Gasteiger partial charge in [0.25, 0.3) is 0 Å². The van der Waals surface area contributed by atoms with Gasteiger partial charge >= 0.3 is 39.5 Å². The Morgan fingerprint density at radius 3 is 0.856 bits per heavy atom. The van der Waals surface area contributed by atoms with Crippen LogP contribution in [0.4, 0.5) is 0 Å². The predicted octanol–water partition coefficient (Wildman–Crippen LogP) is 23.4. The largest absolute Gasteiger partial charge is 0.472 e. The second-order valence-corrected chi connectivity index (χ2v) is 29.1. The molecule has 0 bridgehead atoms. The van der Waals surface area contributed by atoms with Gasteiger partial charge in [0.15, 0.2) is 12.2 Å². The summed E-state index contributed by atoms with van der Waals surface area (Å²) >= 11 is 0. The Balaban J connectivity index is 5.46. The maximum atomic E-state index is 13.1. The zero-order valence-electron chi connectivity index (χ0n) is 64.9. The molecule has 0 aromatic rings. The molecule has 19 heteroatoms. The second-order valence-electron chi connectivity index (χ2n) is 26.2. The van der Waals surface area contributed by atoms with Crippen LogP contribution < -0.4 is 0 Å². The Labute approximate surface area is 630 Å². The van der Waals surface area contributed by atoms with Crippen LogP contribution in [0.1, 0.15) is 310 Å². The van der Waals surface area contributed by atoms with Gasteiger partial charge in [0, 0.05) is 25.7 Å². The van der Waals surface area contributed by atoms with E-state index in [1.54, 1.807) is 0 Å². The lowest BCUT2D eigenvalue weighted by Gasteiger charge is -2.21. The lowest BCUT2D eigenvalue weighted by Crippen LogP contribution is -2.30. The van der Waals surface area contributed by atoms with Gasteiger partial charge < -0.3 is 33.8 Å². The van der Waals surface area contributed by atoms with E-state index < -0.39 is 97.5 Å². The lowest BCUT2D eigenvalue weighted by atomic mass is 10.1. The summed E-state index contributed by atoms with van der Waals surface area (Å²) in [6.45, 7) is 4.49. The highest BCUT2D eigenvalue weighted by molar-refractivity contribution is 7.47. The van der Waals surface area contributed by atoms with Gasteiger partial charge in [-0.05, 0) is 154 Å². The van der Waals surface area contributed by atoms with Crippen LogP contribution >= 0.6 is 15.6 Å². The highest BCUT2D eigenvalue weighted by Crippen LogP contribution is 2.45. The minimum Gasteiger partial charge on any atom is -0.462 e. The fraction of sp³-hybridized carbons (Fsp3) is 0.671. The van der Waals surface area contributed by atoms with Gasteiger partial charge in [0.05, 0.1) is 26.4 Å². The highest BCUT2D eigenvalue weighted by Gasteiger charge is 2.30. The van der Waals surface area contributed by atoms with Gasteiger partial charge in [-0.25, -0.2) is 9.13 Å². The van der Waals surface area contributed by atoms with Crippen molar-refractivity contribution in [3.63, 3.8) is 0 Å². The standard InChI is InChI=1S/C85H142O17P2/c1-5-9-13-17-21-25-29-33-37-38-39-40-44-46-50-54-58-62-66-70-83(88)96-76-81(102-85(90)72-68-64-60-56-52-48-43-36-32-28-24-20-16-12-8-4)78-100-104(93,94)98-74-79(86)73-97-103(91,92)99-77-80(101-84(89)71-67-63-59-55-51-47-42-35-31-27-23-19-15-11-7-3)75-95-82(87)69-65-61-57-53-49-45-41-34-30-26-22-18-14-10-6-2/h9-10,13-14,21-22,24-26,28,33-37,39-43,46,50,58,62,79-81,86H,5-8,11-12,15-20,23,27,29-32,38,44-45,47-49,51-57,59-61,63-78H2,1-4H3,(H,91,92)(H,93,94)/b13-9-,14-10-,25-21-,26-22-,28-24-,37-33-,40-39-,41-34-,42-35-,43-36-,50-46-,62-58-. The molecule has 0 radical (unpaired) electrons. The van der Waals surface area contributed by atoms with E-state index in [2.05, 4.69) is 155 Å².